The second kappa shape index (κ2) is 8.86. The van der Waals surface area contributed by atoms with Crippen molar-refractivity contribution < 1.29 is 19.2 Å². The van der Waals surface area contributed by atoms with Gasteiger partial charge in [-0.3, -0.25) is 19.7 Å². The van der Waals surface area contributed by atoms with Crippen molar-refractivity contribution in [3.05, 3.63) is 51.5 Å². The van der Waals surface area contributed by atoms with Gasteiger partial charge in [0.05, 0.1) is 24.1 Å². The Balaban J connectivity index is 2.38. The maximum absolute atomic E-state index is 11.9. The average Bonchev–Trinajstić information content (AvgIpc) is 2.60. The van der Waals surface area contributed by atoms with Gasteiger partial charge in [-0.15, -0.1) is 10.2 Å². The first-order chi connectivity index (χ1) is 12.8. The predicted octanol–water partition coefficient (Wildman–Crippen LogP) is 4.59. The number of methoxy groups -OCH3 is 1. The highest BCUT2D eigenvalue weighted by atomic mass is 35.5. The molecule has 0 fully saturated rings. The Kier molecular flexibility index (Phi) is 6.56. The van der Waals surface area contributed by atoms with Gasteiger partial charge in [-0.2, -0.15) is 0 Å². The molecule has 0 saturated heterocycles. The Morgan fingerprint density at radius 2 is 1.85 bits per heavy atom. The number of nitrogens with zero attached hydrogens (tertiary/aromatic N) is 3. The highest BCUT2D eigenvalue weighted by molar-refractivity contribution is 6.30. The van der Waals surface area contributed by atoms with Gasteiger partial charge in [-0.25, -0.2) is 0 Å². The molecule has 0 unspecified atom stereocenters. The topological polar surface area (TPSA) is 123 Å². The van der Waals surface area contributed by atoms with Crippen molar-refractivity contribution in [3.63, 3.8) is 0 Å². The van der Waals surface area contributed by atoms with E-state index in [2.05, 4.69) is 15.5 Å². The number of hydrogen-bond acceptors (Lipinski definition) is 7. The van der Waals surface area contributed by atoms with Crippen LogP contribution >= 0.6 is 11.6 Å². The van der Waals surface area contributed by atoms with Gasteiger partial charge < -0.3 is 10.1 Å². The molecule has 1 N–H and O–H groups in total. The number of halogens is 1. The second-order valence-electron chi connectivity index (χ2n) is 5.40. The van der Waals surface area contributed by atoms with Crippen molar-refractivity contribution in [2.75, 3.05) is 12.4 Å². The summed E-state index contributed by atoms with van der Waals surface area (Å²) in [6.07, 6.45) is -0.295. The van der Waals surface area contributed by atoms with E-state index < -0.39 is 10.8 Å². The molecule has 0 radical (unpaired) electrons. The monoisotopic (exact) mass is 390 g/mol. The van der Waals surface area contributed by atoms with Gasteiger partial charge in [-0.1, -0.05) is 11.6 Å². The summed E-state index contributed by atoms with van der Waals surface area (Å²) in [5.41, 5.74) is 0.182. The number of ether oxygens (including phenoxy) is 1. The van der Waals surface area contributed by atoms with Crippen LogP contribution in [0.3, 0.4) is 0 Å². The fraction of sp³-hybridized carbons (Fsp3) is 0.176. The third-order valence-electron chi connectivity index (χ3n) is 3.29. The van der Waals surface area contributed by atoms with Crippen molar-refractivity contribution in [1.29, 1.82) is 0 Å². The van der Waals surface area contributed by atoms with E-state index in [1.54, 1.807) is 6.07 Å². The van der Waals surface area contributed by atoms with Gasteiger partial charge in [0, 0.05) is 17.2 Å². The summed E-state index contributed by atoms with van der Waals surface area (Å²) in [7, 11) is 1.45. The summed E-state index contributed by atoms with van der Waals surface area (Å²) < 4.78 is 5.10. The lowest BCUT2D eigenvalue weighted by Gasteiger charge is -2.09. The molecule has 0 saturated carbocycles. The minimum absolute atomic E-state index is 0.00114. The lowest BCUT2D eigenvalue weighted by Crippen LogP contribution is -2.14. The number of nitrogens with one attached hydrogen (secondary N) is 1. The van der Waals surface area contributed by atoms with Crippen LogP contribution in [0.25, 0.3) is 0 Å². The van der Waals surface area contributed by atoms with Crippen LogP contribution in [0.2, 0.25) is 5.02 Å². The molecule has 0 aromatic heterocycles. The average molecular weight is 391 g/mol. The van der Waals surface area contributed by atoms with Gasteiger partial charge in [0.1, 0.15) is 17.2 Å². The Hall–Kier alpha value is -3.33. The van der Waals surface area contributed by atoms with E-state index in [-0.39, 0.29) is 40.0 Å². The molecule has 1 amide bonds. The van der Waals surface area contributed by atoms with E-state index in [1.165, 1.54) is 44.4 Å². The van der Waals surface area contributed by atoms with Gasteiger partial charge in [-0.05, 0) is 31.2 Å². The van der Waals surface area contributed by atoms with Crippen LogP contribution in [-0.2, 0) is 9.59 Å². The zero-order valence-corrected chi connectivity index (χ0v) is 15.2. The quantitative estimate of drug-likeness (QED) is 0.320. The SMILES string of the molecule is COc1ccc(N=Nc2ccc(Cl)cc2[N+](=O)[O-])c(NC(=O)CC(C)=O)c1. The third kappa shape index (κ3) is 5.58. The lowest BCUT2D eigenvalue weighted by molar-refractivity contribution is -0.384. The maximum atomic E-state index is 11.9. The van der Waals surface area contributed by atoms with E-state index in [0.717, 1.165) is 0 Å². The molecular formula is C17H15ClN4O5. The van der Waals surface area contributed by atoms with Crippen molar-refractivity contribution in [2.24, 2.45) is 10.2 Å². The Bertz CT molecular complexity index is 930. The number of ketones is 1. The number of anilines is 1. The number of azo groups is 1. The van der Waals surface area contributed by atoms with E-state index in [0.29, 0.717) is 5.75 Å². The number of carbonyl (C=O) groups is 2. The number of hydrogen-bond donors (Lipinski definition) is 1. The number of nitro benzene ring substituents is 1. The summed E-state index contributed by atoms with van der Waals surface area (Å²) in [6.45, 7) is 1.30. The molecule has 2 aromatic carbocycles. The second-order valence-corrected chi connectivity index (χ2v) is 5.84. The van der Waals surface area contributed by atoms with E-state index in [9.17, 15) is 19.7 Å². The van der Waals surface area contributed by atoms with E-state index in [1.807, 2.05) is 0 Å². The molecule has 140 valence electrons. The van der Waals surface area contributed by atoms with Gasteiger partial charge >= 0.3 is 0 Å². The van der Waals surface area contributed by atoms with Gasteiger partial charge in [0.15, 0.2) is 5.69 Å². The van der Waals surface area contributed by atoms with Crippen LogP contribution in [0, 0.1) is 10.1 Å². The van der Waals surface area contributed by atoms with Crippen molar-refractivity contribution in [1.82, 2.24) is 0 Å². The molecular weight excluding hydrogens is 376 g/mol. The Morgan fingerprint density at radius 1 is 1.19 bits per heavy atom. The van der Waals surface area contributed by atoms with Crippen LogP contribution in [-0.4, -0.2) is 23.7 Å². The Morgan fingerprint density at radius 3 is 2.48 bits per heavy atom. The minimum Gasteiger partial charge on any atom is -0.497 e. The van der Waals surface area contributed by atoms with Gasteiger partial charge in [0.25, 0.3) is 5.69 Å². The number of benzene rings is 2. The molecule has 0 bridgehead atoms. The van der Waals surface area contributed by atoms with Gasteiger partial charge in [0.2, 0.25) is 5.91 Å². The summed E-state index contributed by atoms with van der Waals surface area (Å²) in [6, 6.07) is 8.59. The van der Waals surface area contributed by atoms with Crippen molar-refractivity contribution in [2.45, 2.75) is 13.3 Å². The molecule has 2 rings (SSSR count). The standard InChI is InChI=1S/C17H15ClN4O5/c1-10(23)7-17(24)19-15-9-12(27-2)4-6-13(15)20-21-14-5-3-11(18)8-16(14)22(25)26/h3-6,8-9H,7H2,1-2H3,(H,19,24). The smallest absolute Gasteiger partial charge is 0.298 e. The number of nitro groups is 1. The van der Waals surface area contributed by atoms with E-state index >= 15 is 0 Å². The summed E-state index contributed by atoms with van der Waals surface area (Å²) in [5, 5.41) is 21.7. The number of Topliss-reactive ketones (excluding diaryl/α,β-unsaturated/α-hetero) is 1. The third-order valence-corrected chi connectivity index (χ3v) is 3.52. The highest BCUT2D eigenvalue weighted by Gasteiger charge is 2.15. The maximum Gasteiger partial charge on any atom is 0.298 e. The summed E-state index contributed by atoms with van der Waals surface area (Å²) in [5.74, 6) is -0.371. The largest absolute Gasteiger partial charge is 0.497 e. The van der Waals surface area contributed by atoms with Crippen LogP contribution in [0.5, 0.6) is 5.75 Å². The Labute approximate surface area is 159 Å². The summed E-state index contributed by atoms with van der Waals surface area (Å²) >= 11 is 5.77. The van der Waals surface area contributed by atoms with Crippen LogP contribution in [0.15, 0.2) is 46.6 Å². The van der Waals surface area contributed by atoms with Crippen molar-refractivity contribution >= 4 is 46.0 Å². The summed E-state index contributed by atoms with van der Waals surface area (Å²) in [4.78, 5) is 33.5. The van der Waals surface area contributed by atoms with E-state index in [4.69, 9.17) is 16.3 Å². The first-order valence-electron chi connectivity index (χ1n) is 7.63. The van der Waals surface area contributed by atoms with Crippen LogP contribution in [0.4, 0.5) is 22.7 Å². The molecule has 0 spiro atoms. The number of rotatable bonds is 7. The fourth-order valence-electron chi connectivity index (χ4n) is 2.09. The molecule has 27 heavy (non-hydrogen) atoms. The predicted molar refractivity (Wildman–Crippen MR) is 99.2 cm³/mol. The molecule has 0 atom stereocenters. The molecule has 0 aliphatic rings. The van der Waals surface area contributed by atoms with Crippen molar-refractivity contribution in [3.8, 4) is 5.75 Å². The van der Waals surface area contributed by atoms with Crippen LogP contribution < -0.4 is 10.1 Å². The molecule has 9 nitrogen and oxygen atoms in total. The molecule has 2 aromatic rings. The number of carbonyl (C=O) groups excluding carboxylic acids is 2. The highest BCUT2D eigenvalue weighted by Crippen LogP contribution is 2.34. The first kappa shape index (κ1) is 20.0. The minimum atomic E-state index is -0.621. The molecule has 10 heteroatoms. The molecule has 0 aliphatic carbocycles. The molecule has 0 heterocycles. The first-order valence-corrected chi connectivity index (χ1v) is 8.01. The lowest BCUT2D eigenvalue weighted by atomic mass is 10.2. The number of amides is 1. The normalized spacial score (nSPS) is 10.6. The fourth-order valence-corrected chi connectivity index (χ4v) is 2.25. The zero-order chi connectivity index (χ0) is 20.0. The van der Waals surface area contributed by atoms with Crippen LogP contribution in [0.1, 0.15) is 13.3 Å². The zero-order valence-electron chi connectivity index (χ0n) is 14.4. The molecule has 0 aliphatic heterocycles.